The number of benzene rings is 1. The van der Waals surface area contributed by atoms with Gasteiger partial charge >= 0.3 is 12.4 Å². The Morgan fingerprint density at radius 1 is 1.00 bits per heavy atom. The molecule has 0 N–H and O–H groups in total. The summed E-state index contributed by atoms with van der Waals surface area (Å²) in [6.07, 6.45) is -8.49. The molecule has 34 heavy (non-hydrogen) atoms. The number of nitrogens with zero attached hydrogens (tertiary/aromatic N) is 2. The summed E-state index contributed by atoms with van der Waals surface area (Å²) in [5.74, 6) is -1.23. The number of aromatic nitrogens is 1. The van der Waals surface area contributed by atoms with E-state index >= 15 is 0 Å². The molecule has 0 unspecified atom stereocenters. The van der Waals surface area contributed by atoms with Crippen LogP contribution in [0.15, 0.2) is 47.5 Å². The van der Waals surface area contributed by atoms with E-state index in [9.17, 15) is 39.6 Å². The Morgan fingerprint density at radius 3 is 2.15 bits per heavy atom. The molecule has 12 heteroatoms. The second kappa shape index (κ2) is 9.20. The van der Waals surface area contributed by atoms with Gasteiger partial charge in [0.1, 0.15) is 5.69 Å². The Kier molecular flexibility index (Phi) is 7.47. The summed E-state index contributed by atoms with van der Waals surface area (Å²) in [4.78, 5) is 16.8. The zero-order chi connectivity index (χ0) is 24.8. The third-order valence-corrected chi connectivity index (χ3v) is 8.51. The van der Waals surface area contributed by atoms with Crippen LogP contribution in [0, 0.1) is 5.92 Å². The monoisotopic (exact) mass is 510 g/mol. The normalized spacial score (nSPS) is 17.9. The maximum absolute atomic E-state index is 13.2. The van der Waals surface area contributed by atoms with E-state index in [1.54, 1.807) is 0 Å². The lowest BCUT2D eigenvalue weighted by atomic mass is 9.85. The van der Waals surface area contributed by atoms with E-state index in [1.807, 2.05) is 0 Å². The summed E-state index contributed by atoms with van der Waals surface area (Å²) in [6, 6.07) is 5.29. The number of piperidine rings is 1. The van der Waals surface area contributed by atoms with Crippen molar-refractivity contribution in [2.24, 2.45) is 5.92 Å². The van der Waals surface area contributed by atoms with Gasteiger partial charge in [0.05, 0.1) is 27.1 Å². The van der Waals surface area contributed by atoms with Crippen LogP contribution in [-0.2, 0) is 27.0 Å². The molecule has 3 rings (SSSR count). The molecule has 188 valence electrons. The molecular formula is C22H24F6N2O3S. The molecule has 1 amide bonds. The predicted molar refractivity (Wildman–Crippen MR) is 114 cm³/mol. The first-order chi connectivity index (χ1) is 15.0. The largest absolute Gasteiger partial charge is 0.433 e. The van der Waals surface area contributed by atoms with Crippen molar-refractivity contribution in [2.45, 2.75) is 56.1 Å². The van der Waals surface area contributed by atoms with Gasteiger partial charge in [0.25, 0.3) is 0 Å². The van der Waals surface area contributed by atoms with Crippen LogP contribution in [0.2, 0.25) is 0 Å². The van der Waals surface area contributed by atoms with E-state index in [1.165, 1.54) is 18.7 Å². The molecule has 2 heterocycles. The molecule has 0 spiro atoms. The molecule has 5 nitrogen and oxygen atoms in total. The first-order valence-corrected chi connectivity index (χ1v) is 11.3. The van der Waals surface area contributed by atoms with Gasteiger partial charge in [-0.15, -0.1) is 0 Å². The minimum atomic E-state index is -4.72. The topological polar surface area (TPSA) is 67.3 Å². The van der Waals surface area contributed by atoms with Crippen LogP contribution < -0.4 is 4.90 Å². The Bertz CT molecular complexity index is 1140. The van der Waals surface area contributed by atoms with Gasteiger partial charge in [0, 0.05) is 13.0 Å². The summed E-state index contributed by atoms with van der Waals surface area (Å²) < 4.78 is 102. The number of sulfone groups is 1. The van der Waals surface area contributed by atoms with Gasteiger partial charge in [0.2, 0.25) is 5.91 Å². The molecule has 2 aromatic rings. The summed E-state index contributed by atoms with van der Waals surface area (Å²) in [5.41, 5.74) is -2.06. The van der Waals surface area contributed by atoms with E-state index in [0.717, 1.165) is 36.5 Å². The van der Waals surface area contributed by atoms with Gasteiger partial charge in [0.15, 0.2) is 9.84 Å². The van der Waals surface area contributed by atoms with Crippen LogP contribution in [0.25, 0.3) is 0 Å². The number of hydrogen-bond acceptors (Lipinski definition) is 4. The molecule has 0 bridgehead atoms. The molecule has 1 aromatic carbocycles. The van der Waals surface area contributed by atoms with E-state index in [0.29, 0.717) is 6.07 Å². The van der Waals surface area contributed by atoms with Gasteiger partial charge in [-0.05, 0) is 56.5 Å². The maximum Gasteiger partial charge on any atom is 0.433 e. The lowest BCUT2D eigenvalue weighted by molar-refractivity contribution is -0.141. The van der Waals surface area contributed by atoms with Gasteiger partial charge < -0.3 is 4.90 Å². The second-order valence-corrected chi connectivity index (χ2v) is 10.8. The zero-order valence-corrected chi connectivity index (χ0v) is 18.4. The molecule has 0 aliphatic carbocycles. The minimum absolute atomic E-state index is 0. The maximum atomic E-state index is 13.2. The van der Waals surface area contributed by atoms with Crippen molar-refractivity contribution in [3.05, 3.63) is 53.9 Å². The van der Waals surface area contributed by atoms with Gasteiger partial charge in [-0.1, -0.05) is 13.5 Å². The van der Waals surface area contributed by atoms with Crippen LogP contribution in [0.1, 0.15) is 45.4 Å². The van der Waals surface area contributed by atoms with Crippen LogP contribution in [-0.4, -0.2) is 30.6 Å². The quantitative estimate of drug-likeness (QED) is 0.492. The lowest BCUT2D eigenvalue weighted by Gasteiger charge is -2.39. The number of pyridine rings is 1. The van der Waals surface area contributed by atoms with Crippen LogP contribution in [0.3, 0.4) is 0 Å². The Labute approximate surface area is 193 Å². The fraction of sp³-hybridized carbons (Fsp3) is 0.455. The summed E-state index contributed by atoms with van der Waals surface area (Å²) in [7, 11) is -4.26. The zero-order valence-electron chi connectivity index (χ0n) is 17.5. The highest BCUT2D eigenvalue weighted by molar-refractivity contribution is 7.92. The van der Waals surface area contributed by atoms with E-state index in [4.69, 9.17) is 0 Å². The van der Waals surface area contributed by atoms with E-state index in [-0.39, 0.29) is 32.5 Å². The SMILES string of the molecule is C.CC(C)([C@@H]1CCN(c2ccc(C(F)(F)F)nc2)C(=O)C1)S(=O)(=O)c1cccc(C(F)(F)F)c1. The summed E-state index contributed by atoms with van der Waals surface area (Å²) in [5, 5.41) is 0. The molecule has 1 atom stereocenters. The van der Waals surface area contributed by atoms with Crippen molar-refractivity contribution in [3.63, 3.8) is 0 Å². The highest BCUT2D eigenvalue weighted by atomic mass is 32.2. The number of carbonyl (C=O) groups excluding carboxylic acids is 1. The fourth-order valence-corrected chi connectivity index (χ4v) is 5.56. The van der Waals surface area contributed by atoms with Gasteiger partial charge in [-0.2, -0.15) is 26.3 Å². The predicted octanol–water partition coefficient (Wildman–Crippen LogP) is 5.75. The first-order valence-electron chi connectivity index (χ1n) is 9.80. The van der Waals surface area contributed by atoms with Gasteiger partial charge in [-0.3, -0.25) is 4.79 Å². The molecule has 1 aliphatic heterocycles. The van der Waals surface area contributed by atoms with Crippen LogP contribution >= 0.6 is 0 Å². The smallest absolute Gasteiger partial charge is 0.311 e. The van der Waals surface area contributed by atoms with Crippen LogP contribution in [0.4, 0.5) is 32.0 Å². The van der Waals surface area contributed by atoms with Crippen LogP contribution in [0.5, 0.6) is 0 Å². The van der Waals surface area contributed by atoms with Crippen molar-refractivity contribution in [1.29, 1.82) is 0 Å². The lowest BCUT2D eigenvalue weighted by Crippen LogP contribution is -2.48. The fourth-order valence-electron chi connectivity index (χ4n) is 3.78. The Balaban J connectivity index is 0.00000408. The summed E-state index contributed by atoms with van der Waals surface area (Å²) >= 11 is 0. The molecule has 1 fully saturated rings. The average molecular weight is 511 g/mol. The summed E-state index contributed by atoms with van der Waals surface area (Å²) in [6.45, 7) is 2.74. The van der Waals surface area contributed by atoms with Crippen molar-refractivity contribution in [2.75, 3.05) is 11.4 Å². The number of alkyl halides is 6. The van der Waals surface area contributed by atoms with Crippen molar-refractivity contribution in [3.8, 4) is 0 Å². The number of carbonyl (C=O) groups is 1. The van der Waals surface area contributed by atoms with Crippen molar-refractivity contribution >= 4 is 21.4 Å². The number of anilines is 1. The van der Waals surface area contributed by atoms with E-state index in [2.05, 4.69) is 4.98 Å². The molecule has 0 saturated carbocycles. The molecule has 0 radical (unpaired) electrons. The average Bonchev–Trinajstić information content (AvgIpc) is 2.72. The highest BCUT2D eigenvalue weighted by Gasteiger charge is 2.46. The second-order valence-electron chi connectivity index (χ2n) is 8.27. The van der Waals surface area contributed by atoms with E-state index < -0.39 is 54.9 Å². The van der Waals surface area contributed by atoms with Crippen molar-refractivity contribution in [1.82, 2.24) is 4.98 Å². The number of rotatable bonds is 4. The standard InChI is InChI=1S/C21H20F6N2O3S.CH4/c1-19(2,33(31,32)16-5-3-4-14(10-16)20(22,23)24)13-8-9-29(18(30)11-13)15-6-7-17(28-12-15)21(25,26)27;/h3-7,10,12-13H,8-9,11H2,1-2H3;1H4/t13-;/m1./s1. The third kappa shape index (κ3) is 5.21. The molecule has 1 saturated heterocycles. The Morgan fingerprint density at radius 2 is 1.65 bits per heavy atom. The third-order valence-electron chi connectivity index (χ3n) is 5.92. The molecule has 1 aliphatic rings. The van der Waals surface area contributed by atoms with Crippen molar-refractivity contribution < 1.29 is 39.6 Å². The minimum Gasteiger partial charge on any atom is -0.311 e. The first kappa shape index (κ1) is 27.6. The number of amides is 1. The number of halogens is 6. The molecule has 1 aromatic heterocycles. The number of hydrogen-bond donors (Lipinski definition) is 0. The Hall–Kier alpha value is -2.63. The van der Waals surface area contributed by atoms with Gasteiger partial charge in [-0.25, -0.2) is 13.4 Å². The highest BCUT2D eigenvalue weighted by Crippen LogP contribution is 2.40. The molecular weight excluding hydrogens is 486 g/mol.